The van der Waals surface area contributed by atoms with E-state index in [2.05, 4.69) is 32.7 Å². The molecule has 0 aromatic heterocycles. The summed E-state index contributed by atoms with van der Waals surface area (Å²) in [5, 5.41) is 9.27. The number of hydrogen-bond acceptors (Lipinski definition) is 2. The van der Waals surface area contributed by atoms with E-state index in [1.165, 1.54) is 0 Å². The quantitative estimate of drug-likeness (QED) is 0.802. The molecule has 4 atom stereocenters. The molecule has 94 valence electrons. The molecule has 0 spiro atoms. The maximum atomic E-state index is 11.3. The Labute approximate surface area is 98.8 Å². The molecule has 1 fully saturated rings. The molecule has 3 nitrogen and oxygen atoms in total. The maximum Gasteiger partial charge on any atom is 0.308 e. The van der Waals surface area contributed by atoms with Gasteiger partial charge >= 0.3 is 5.97 Å². The van der Waals surface area contributed by atoms with Crippen LogP contribution in [-0.4, -0.2) is 35.1 Å². The summed E-state index contributed by atoms with van der Waals surface area (Å²) in [4.78, 5) is 13.5. The Morgan fingerprint density at radius 3 is 2.62 bits per heavy atom. The summed E-state index contributed by atoms with van der Waals surface area (Å²) in [5.74, 6) is -0.130. The number of carboxylic acid groups (broad SMARTS) is 1. The largest absolute Gasteiger partial charge is 0.481 e. The SMILES string of the molecule is CCC(C)N(C)C1CC(C)CCC1C(=O)O. The second kappa shape index (κ2) is 5.67. The highest BCUT2D eigenvalue weighted by atomic mass is 16.4. The summed E-state index contributed by atoms with van der Waals surface area (Å²) in [6.45, 7) is 6.57. The third-order valence-corrected chi connectivity index (χ3v) is 4.21. The van der Waals surface area contributed by atoms with E-state index in [-0.39, 0.29) is 12.0 Å². The van der Waals surface area contributed by atoms with Gasteiger partial charge in [-0.25, -0.2) is 0 Å². The monoisotopic (exact) mass is 227 g/mol. The van der Waals surface area contributed by atoms with Crippen LogP contribution in [0.15, 0.2) is 0 Å². The first-order valence-electron chi connectivity index (χ1n) is 6.42. The molecule has 3 heteroatoms. The van der Waals surface area contributed by atoms with Gasteiger partial charge in [0.05, 0.1) is 5.92 Å². The van der Waals surface area contributed by atoms with Gasteiger partial charge in [0.15, 0.2) is 0 Å². The van der Waals surface area contributed by atoms with Gasteiger partial charge in [0.2, 0.25) is 0 Å². The minimum atomic E-state index is -0.618. The molecule has 0 saturated heterocycles. The van der Waals surface area contributed by atoms with E-state index in [0.717, 1.165) is 25.7 Å². The number of aliphatic carboxylic acids is 1. The summed E-state index contributed by atoms with van der Waals surface area (Å²) in [6.07, 6.45) is 4.00. The van der Waals surface area contributed by atoms with Crippen LogP contribution in [0.1, 0.15) is 46.5 Å². The Kier molecular flexibility index (Phi) is 4.78. The molecular weight excluding hydrogens is 202 g/mol. The first kappa shape index (κ1) is 13.5. The van der Waals surface area contributed by atoms with Crippen LogP contribution in [0, 0.1) is 11.8 Å². The highest BCUT2D eigenvalue weighted by Gasteiger charge is 2.36. The van der Waals surface area contributed by atoms with Crippen molar-refractivity contribution in [1.82, 2.24) is 4.90 Å². The van der Waals surface area contributed by atoms with E-state index in [1.807, 2.05) is 0 Å². The minimum Gasteiger partial charge on any atom is -0.481 e. The van der Waals surface area contributed by atoms with Gasteiger partial charge in [0.25, 0.3) is 0 Å². The molecule has 0 aromatic carbocycles. The van der Waals surface area contributed by atoms with Crippen molar-refractivity contribution in [3.8, 4) is 0 Å². The van der Waals surface area contributed by atoms with Crippen molar-refractivity contribution in [3.63, 3.8) is 0 Å². The normalized spacial score (nSPS) is 32.7. The zero-order chi connectivity index (χ0) is 12.3. The molecule has 4 unspecified atom stereocenters. The molecule has 0 radical (unpaired) electrons. The van der Waals surface area contributed by atoms with E-state index in [1.54, 1.807) is 0 Å². The Hall–Kier alpha value is -0.570. The molecule has 0 heterocycles. The summed E-state index contributed by atoms with van der Waals surface area (Å²) < 4.78 is 0. The molecular formula is C13H25NO2. The zero-order valence-corrected chi connectivity index (χ0v) is 10.9. The number of hydrogen-bond donors (Lipinski definition) is 1. The average Bonchev–Trinajstić information content (AvgIpc) is 2.26. The number of rotatable bonds is 4. The van der Waals surface area contributed by atoms with Gasteiger partial charge in [-0.15, -0.1) is 0 Å². The van der Waals surface area contributed by atoms with E-state index in [4.69, 9.17) is 0 Å². The number of nitrogens with zero attached hydrogens (tertiary/aromatic N) is 1. The third-order valence-electron chi connectivity index (χ3n) is 4.21. The Morgan fingerprint density at radius 1 is 1.50 bits per heavy atom. The van der Waals surface area contributed by atoms with Gasteiger partial charge in [-0.3, -0.25) is 9.69 Å². The van der Waals surface area contributed by atoms with Crippen LogP contribution in [0.2, 0.25) is 0 Å². The predicted octanol–water partition coefficient (Wildman–Crippen LogP) is 2.61. The van der Waals surface area contributed by atoms with E-state index in [0.29, 0.717) is 12.0 Å². The second-order valence-electron chi connectivity index (χ2n) is 5.35. The minimum absolute atomic E-state index is 0.171. The maximum absolute atomic E-state index is 11.3. The average molecular weight is 227 g/mol. The lowest BCUT2D eigenvalue weighted by molar-refractivity contribution is -0.146. The Morgan fingerprint density at radius 2 is 2.12 bits per heavy atom. The van der Waals surface area contributed by atoms with Crippen LogP contribution < -0.4 is 0 Å². The molecule has 0 bridgehead atoms. The number of carboxylic acids is 1. The standard InChI is InChI=1S/C13H25NO2/c1-5-10(3)14(4)12-8-9(2)6-7-11(12)13(15)16/h9-12H,5-8H2,1-4H3,(H,15,16). The molecule has 1 saturated carbocycles. The molecule has 1 N–H and O–H groups in total. The van der Waals surface area contributed by atoms with Gasteiger partial charge in [0.1, 0.15) is 0 Å². The lowest BCUT2D eigenvalue weighted by Gasteiger charge is -2.41. The smallest absolute Gasteiger partial charge is 0.308 e. The van der Waals surface area contributed by atoms with Crippen LogP contribution in [-0.2, 0) is 4.79 Å². The fourth-order valence-corrected chi connectivity index (χ4v) is 2.70. The summed E-state index contributed by atoms with van der Waals surface area (Å²) >= 11 is 0. The predicted molar refractivity (Wildman–Crippen MR) is 65.4 cm³/mol. The number of carbonyl (C=O) groups is 1. The van der Waals surface area contributed by atoms with Crippen molar-refractivity contribution in [2.24, 2.45) is 11.8 Å². The van der Waals surface area contributed by atoms with Crippen LogP contribution in [0.25, 0.3) is 0 Å². The van der Waals surface area contributed by atoms with Gasteiger partial charge in [0, 0.05) is 12.1 Å². The topological polar surface area (TPSA) is 40.5 Å². The summed E-state index contributed by atoms with van der Waals surface area (Å²) in [7, 11) is 2.08. The van der Waals surface area contributed by atoms with Gasteiger partial charge < -0.3 is 5.11 Å². The highest BCUT2D eigenvalue weighted by Crippen LogP contribution is 2.33. The van der Waals surface area contributed by atoms with Crippen LogP contribution in [0.5, 0.6) is 0 Å². The molecule has 1 aliphatic rings. The highest BCUT2D eigenvalue weighted by molar-refractivity contribution is 5.71. The first-order chi connectivity index (χ1) is 7.47. The van der Waals surface area contributed by atoms with Gasteiger partial charge in [-0.05, 0) is 45.6 Å². The van der Waals surface area contributed by atoms with Crippen LogP contribution in [0.3, 0.4) is 0 Å². The summed E-state index contributed by atoms with van der Waals surface area (Å²) in [5.41, 5.74) is 0. The fourth-order valence-electron chi connectivity index (χ4n) is 2.70. The lowest BCUT2D eigenvalue weighted by atomic mass is 9.78. The van der Waals surface area contributed by atoms with Crippen LogP contribution >= 0.6 is 0 Å². The summed E-state index contributed by atoms with van der Waals surface area (Å²) in [6, 6.07) is 0.688. The van der Waals surface area contributed by atoms with Crippen molar-refractivity contribution in [2.75, 3.05) is 7.05 Å². The van der Waals surface area contributed by atoms with Crippen molar-refractivity contribution < 1.29 is 9.90 Å². The fraction of sp³-hybridized carbons (Fsp3) is 0.923. The Balaban J connectivity index is 2.74. The molecule has 0 aromatic rings. The third kappa shape index (κ3) is 2.97. The van der Waals surface area contributed by atoms with Crippen LogP contribution in [0.4, 0.5) is 0 Å². The molecule has 1 aliphatic carbocycles. The van der Waals surface area contributed by atoms with Gasteiger partial charge in [-0.2, -0.15) is 0 Å². The van der Waals surface area contributed by atoms with E-state index >= 15 is 0 Å². The van der Waals surface area contributed by atoms with E-state index < -0.39 is 5.97 Å². The molecule has 1 rings (SSSR count). The van der Waals surface area contributed by atoms with Crippen molar-refractivity contribution in [2.45, 2.75) is 58.5 Å². The van der Waals surface area contributed by atoms with Crippen molar-refractivity contribution in [3.05, 3.63) is 0 Å². The molecule has 16 heavy (non-hydrogen) atoms. The zero-order valence-electron chi connectivity index (χ0n) is 10.9. The van der Waals surface area contributed by atoms with Gasteiger partial charge in [-0.1, -0.05) is 13.8 Å². The first-order valence-corrected chi connectivity index (χ1v) is 6.42. The van der Waals surface area contributed by atoms with Crippen molar-refractivity contribution in [1.29, 1.82) is 0 Å². The molecule has 0 aliphatic heterocycles. The second-order valence-corrected chi connectivity index (χ2v) is 5.35. The van der Waals surface area contributed by atoms with Crippen molar-refractivity contribution >= 4 is 5.97 Å². The molecule has 0 amide bonds. The van der Waals surface area contributed by atoms with E-state index in [9.17, 15) is 9.90 Å². The lowest BCUT2D eigenvalue weighted by Crippen LogP contribution is -2.48. The Bertz CT molecular complexity index is 242.